The highest BCUT2D eigenvalue weighted by Gasteiger charge is 2.27. The van der Waals surface area contributed by atoms with E-state index in [9.17, 15) is 18.4 Å². The standard InChI is InChI=1S/C23H17F2N3O3S/c1-12-5-4-6-20(13(12)2)28(14(3)29)23-26-16(11-32-23)10-19-22(30)31-21(27-19)17-8-7-15(24)9-18(17)25/h4-11H,1-3H3/b19-10-. The number of halogens is 2. The lowest BCUT2D eigenvalue weighted by atomic mass is 10.1. The molecule has 3 aromatic rings. The first-order valence-electron chi connectivity index (χ1n) is 9.55. The van der Waals surface area contributed by atoms with Crippen LogP contribution in [0.5, 0.6) is 0 Å². The van der Waals surface area contributed by atoms with Gasteiger partial charge < -0.3 is 4.74 Å². The van der Waals surface area contributed by atoms with E-state index < -0.39 is 17.6 Å². The van der Waals surface area contributed by atoms with Crippen LogP contribution in [-0.4, -0.2) is 22.8 Å². The van der Waals surface area contributed by atoms with Crippen LogP contribution in [0.15, 0.2) is 52.5 Å². The van der Waals surface area contributed by atoms with Crippen molar-refractivity contribution < 1.29 is 23.1 Å². The predicted molar refractivity (Wildman–Crippen MR) is 118 cm³/mol. The second-order valence-corrected chi connectivity index (χ2v) is 7.93. The fourth-order valence-electron chi connectivity index (χ4n) is 3.16. The zero-order valence-corrected chi connectivity index (χ0v) is 18.2. The average Bonchev–Trinajstić information content (AvgIpc) is 3.32. The molecule has 162 valence electrons. The van der Waals surface area contributed by atoms with Crippen LogP contribution in [0.1, 0.15) is 29.3 Å². The number of carbonyl (C=O) groups excluding carboxylic acids is 2. The molecule has 0 fully saturated rings. The van der Waals surface area contributed by atoms with Crippen molar-refractivity contribution in [3.63, 3.8) is 0 Å². The molecule has 0 saturated carbocycles. The Bertz CT molecular complexity index is 1310. The van der Waals surface area contributed by atoms with Gasteiger partial charge in [0.1, 0.15) is 11.6 Å². The van der Waals surface area contributed by atoms with Gasteiger partial charge in [0.15, 0.2) is 10.8 Å². The number of aryl methyl sites for hydroxylation is 1. The van der Waals surface area contributed by atoms with Gasteiger partial charge in [0.2, 0.25) is 11.8 Å². The number of hydrogen-bond donors (Lipinski definition) is 0. The third kappa shape index (κ3) is 4.06. The monoisotopic (exact) mass is 453 g/mol. The zero-order chi connectivity index (χ0) is 23.0. The highest BCUT2D eigenvalue weighted by molar-refractivity contribution is 7.14. The van der Waals surface area contributed by atoms with Crippen molar-refractivity contribution in [3.8, 4) is 0 Å². The molecule has 6 nitrogen and oxygen atoms in total. The minimum Gasteiger partial charge on any atom is -0.402 e. The van der Waals surface area contributed by atoms with E-state index in [4.69, 9.17) is 4.74 Å². The van der Waals surface area contributed by atoms with Gasteiger partial charge >= 0.3 is 5.97 Å². The van der Waals surface area contributed by atoms with E-state index in [1.165, 1.54) is 29.2 Å². The van der Waals surface area contributed by atoms with E-state index >= 15 is 0 Å². The van der Waals surface area contributed by atoms with Crippen LogP contribution in [0.2, 0.25) is 0 Å². The van der Waals surface area contributed by atoms with Gasteiger partial charge in [0, 0.05) is 18.4 Å². The lowest BCUT2D eigenvalue weighted by molar-refractivity contribution is -0.130. The van der Waals surface area contributed by atoms with E-state index in [0.717, 1.165) is 28.9 Å². The summed E-state index contributed by atoms with van der Waals surface area (Å²) in [7, 11) is 0. The molecule has 0 bridgehead atoms. The molecule has 0 aliphatic carbocycles. The number of aliphatic imine (C=N–C) groups is 1. The maximum absolute atomic E-state index is 14.0. The molecular weight excluding hydrogens is 436 g/mol. The number of rotatable bonds is 4. The Hall–Kier alpha value is -3.72. The van der Waals surface area contributed by atoms with Crippen LogP contribution in [0.25, 0.3) is 6.08 Å². The molecule has 0 N–H and O–H groups in total. The molecule has 0 unspecified atom stereocenters. The molecule has 1 aliphatic heterocycles. The van der Waals surface area contributed by atoms with Crippen LogP contribution < -0.4 is 4.90 Å². The molecule has 0 spiro atoms. The Morgan fingerprint density at radius 3 is 2.69 bits per heavy atom. The first-order chi connectivity index (χ1) is 15.2. The number of anilines is 2. The van der Waals surface area contributed by atoms with Crippen molar-refractivity contribution in [1.29, 1.82) is 0 Å². The summed E-state index contributed by atoms with van der Waals surface area (Å²) < 4.78 is 32.2. The second-order valence-electron chi connectivity index (χ2n) is 7.09. The van der Waals surface area contributed by atoms with Gasteiger partial charge in [-0.05, 0) is 49.2 Å². The Morgan fingerprint density at radius 2 is 1.97 bits per heavy atom. The molecule has 1 aromatic heterocycles. The number of esters is 1. The predicted octanol–water partition coefficient (Wildman–Crippen LogP) is 5.07. The number of carbonyl (C=O) groups is 2. The molecular formula is C23H17F2N3O3S. The Balaban J connectivity index is 1.67. The number of ether oxygens (including phenoxy) is 1. The summed E-state index contributed by atoms with van der Waals surface area (Å²) in [5.41, 5.74) is 2.89. The van der Waals surface area contributed by atoms with Gasteiger partial charge in [0.05, 0.1) is 16.9 Å². The molecule has 0 radical (unpaired) electrons. The van der Waals surface area contributed by atoms with Crippen molar-refractivity contribution in [1.82, 2.24) is 4.98 Å². The smallest absolute Gasteiger partial charge is 0.363 e. The number of amides is 1. The number of thiazole rings is 1. The number of hydrogen-bond acceptors (Lipinski definition) is 6. The van der Waals surface area contributed by atoms with Crippen molar-refractivity contribution in [2.75, 3.05) is 4.90 Å². The van der Waals surface area contributed by atoms with Gasteiger partial charge in [-0.3, -0.25) is 9.69 Å². The quantitative estimate of drug-likeness (QED) is 0.409. The fraction of sp³-hybridized carbons (Fsp3) is 0.130. The van der Waals surface area contributed by atoms with E-state index in [2.05, 4.69) is 9.98 Å². The van der Waals surface area contributed by atoms with E-state index in [1.807, 2.05) is 32.0 Å². The summed E-state index contributed by atoms with van der Waals surface area (Å²) >= 11 is 1.23. The Kier molecular flexibility index (Phi) is 5.67. The number of cyclic esters (lactones) is 1. The minimum atomic E-state index is -0.889. The first kappa shape index (κ1) is 21.5. The van der Waals surface area contributed by atoms with Crippen molar-refractivity contribution in [2.45, 2.75) is 20.8 Å². The number of benzene rings is 2. The molecule has 9 heteroatoms. The maximum Gasteiger partial charge on any atom is 0.363 e. The Morgan fingerprint density at radius 1 is 1.19 bits per heavy atom. The van der Waals surface area contributed by atoms with Crippen LogP contribution in [0.3, 0.4) is 0 Å². The number of aromatic nitrogens is 1. The summed E-state index contributed by atoms with van der Waals surface area (Å²) in [6.45, 7) is 5.33. The van der Waals surface area contributed by atoms with Crippen molar-refractivity contribution >= 4 is 46.0 Å². The molecule has 4 rings (SSSR count). The van der Waals surface area contributed by atoms with E-state index in [-0.39, 0.29) is 23.1 Å². The third-order valence-electron chi connectivity index (χ3n) is 4.90. The maximum atomic E-state index is 14.0. The molecule has 0 atom stereocenters. The van der Waals surface area contributed by atoms with Crippen LogP contribution in [0, 0.1) is 25.5 Å². The summed E-state index contributed by atoms with van der Waals surface area (Å²) in [4.78, 5) is 34.6. The van der Waals surface area contributed by atoms with Crippen LogP contribution >= 0.6 is 11.3 Å². The number of nitrogens with zero attached hydrogens (tertiary/aromatic N) is 3. The van der Waals surface area contributed by atoms with Crippen LogP contribution in [-0.2, 0) is 14.3 Å². The van der Waals surface area contributed by atoms with Crippen LogP contribution in [0.4, 0.5) is 19.6 Å². The lowest BCUT2D eigenvalue weighted by Gasteiger charge is -2.21. The van der Waals surface area contributed by atoms with Crippen molar-refractivity contribution in [3.05, 3.63) is 81.5 Å². The largest absolute Gasteiger partial charge is 0.402 e. The summed E-state index contributed by atoms with van der Waals surface area (Å²) in [6, 6.07) is 8.54. The van der Waals surface area contributed by atoms with Gasteiger partial charge in [-0.25, -0.2) is 23.6 Å². The van der Waals surface area contributed by atoms with Gasteiger partial charge in [-0.2, -0.15) is 0 Å². The SMILES string of the molecule is CC(=O)N(c1nc(/C=C2\N=C(c3ccc(F)cc3F)OC2=O)cs1)c1cccc(C)c1C. The molecule has 0 saturated heterocycles. The third-order valence-corrected chi connectivity index (χ3v) is 5.74. The van der Waals surface area contributed by atoms with Gasteiger partial charge in [0.25, 0.3) is 0 Å². The molecule has 32 heavy (non-hydrogen) atoms. The topological polar surface area (TPSA) is 71.9 Å². The second kappa shape index (κ2) is 8.43. The molecule has 1 amide bonds. The minimum absolute atomic E-state index is 0.0818. The van der Waals surface area contributed by atoms with Crippen molar-refractivity contribution in [2.24, 2.45) is 4.99 Å². The van der Waals surface area contributed by atoms with Gasteiger partial charge in [-0.1, -0.05) is 12.1 Å². The molecule has 2 aromatic carbocycles. The summed E-state index contributed by atoms with van der Waals surface area (Å²) in [5, 5.41) is 2.10. The van der Waals surface area contributed by atoms with E-state index in [1.54, 1.807) is 5.38 Å². The summed E-state index contributed by atoms with van der Waals surface area (Å²) in [6.07, 6.45) is 1.39. The molecule has 2 heterocycles. The van der Waals surface area contributed by atoms with Gasteiger partial charge in [-0.15, -0.1) is 11.3 Å². The first-order valence-corrected chi connectivity index (χ1v) is 10.4. The normalized spacial score (nSPS) is 14.5. The zero-order valence-electron chi connectivity index (χ0n) is 17.3. The summed E-state index contributed by atoms with van der Waals surface area (Å²) in [5.74, 6) is -2.88. The average molecular weight is 453 g/mol. The van der Waals surface area contributed by atoms with E-state index in [0.29, 0.717) is 16.9 Å². The highest BCUT2D eigenvalue weighted by Crippen LogP contribution is 2.33. The lowest BCUT2D eigenvalue weighted by Crippen LogP contribution is -2.23. The molecule has 1 aliphatic rings. The fourth-order valence-corrected chi connectivity index (χ4v) is 4.00. The Labute approximate surface area is 186 Å². The highest BCUT2D eigenvalue weighted by atomic mass is 32.1.